The Labute approximate surface area is 221 Å². The molecule has 2 heterocycles. The number of hydrogen-bond acceptors (Lipinski definition) is 7. The first kappa shape index (κ1) is 26.4. The molecular weight excluding hydrogens is 488 g/mol. The van der Waals surface area contributed by atoms with Crippen LogP contribution in [0.3, 0.4) is 0 Å². The van der Waals surface area contributed by atoms with E-state index in [9.17, 15) is 14.7 Å². The predicted molar refractivity (Wildman–Crippen MR) is 144 cm³/mol. The number of aliphatic hydroxyl groups is 1. The van der Waals surface area contributed by atoms with E-state index in [0.29, 0.717) is 53.8 Å². The zero-order valence-corrected chi connectivity index (χ0v) is 22.4. The Morgan fingerprint density at radius 3 is 2.49 bits per heavy atom. The number of amides is 1. The fourth-order valence-electron chi connectivity index (χ4n) is 4.52. The van der Waals surface area contributed by atoms with Crippen LogP contribution in [0.4, 0.5) is 0 Å². The van der Waals surface area contributed by atoms with E-state index >= 15 is 0 Å². The van der Waals surface area contributed by atoms with Crippen LogP contribution in [-0.4, -0.2) is 46.4 Å². The summed E-state index contributed by atoms with van der Waals surface area (Å²) in [6.45, 7) is 8.80. The van der Waals surface area contributed by atoms with Crippen molar-refractivity contribution in [1.82, 2.24) is 9.88 Å². The molecule has 1 amide bonds. The zero-order chi connectivity index (χ0) is 26.5. The highest BCUT2D eigenvalue weighted by atomic mass is 32.1. The fourth-order valence-corrected chi connectivity index (χ4v) is 5.39. The molecule has 7 nitrogen and oxygen atoms in total. The van der Waals surface area contributed by atoms with Crippen LogP contribution in [0.15, 0.2) is 59.9 Å². The molecule has 0 saturated heterocycles. The van der Waals surface area contributed by atoms with E-state index in [1.54, 1.807) is 24.0 Å². The van der Waals surface area contributed by atoms with Gasteiger partial charge >= 0.3 is 0 Å². The molecule has 1 N–H and O–H groups in total. The number of benzene rings is 2. The third kappa shape index (κ3) is 5.54. The third-order valence-electron chi connectivity index (χ3n) is 6.19. The number of Topliss-reactive ketones (excluding diaryl/α,β-unsaturated/α-hetero) is 1. The zero-order valence-electron chi connectivity index (χ0n) is 21.6. The second-order valence-corrected chi connectivity index (χ2v) is 10.1. The molecule has 0 radical (unpaired) electrons. The Morgan fingerprint density at radius 2 is 1.84 bits per heavy atom. The molecule has 0 saturated carbocycles. The first-order valence-electron chi connectivity index (χ1n) is 12.5. The number of ketones is 1. The van der Waals surface area contributed by atoms with Gasteiger partial charge < -0.3 is 19.5 Å². The number of aryl methyl sites for hydroxylation is 2. The Morgan fingerprint density at radius 1 is 1.08 bits per heavy atom. The van der Waals surface area contributed by atoms with Crippen molar-refractivity contribution < 1.29 is 24.2 Å². The lowest BCUT2D eigenvalue weighted by Crippen LogP contribution is -2.33. The summed E-state index contributed by atoms with van der Waals surface area (Å²) in [5, 5.41) is 11.8. The van der Waals surface area contributed by atoms with Gasteiger partial charge in [-0.3, -0.25) is 9.59 Å². The molecular formula is C29H32N2O5S. The SMILES string of the molecule is CCCOc1ccc(C2C(C(=O)c3sc(C)nc3C)=C(O)C(=O)N2CCc2ccccc2)cc1OCC. The van der Waals surface area contributed by atoms with Crippen LogP contribution >= 0.6 is 11.3 Å². The first-order chi connectivity index (χ1) is 17.8. The molecule has 1 aromatic heterocycles. The summed E-state index contributed by atoms with van der Waals surface area (Å²) in [7, 11) is 0. The van der Waals surface area contributed by atoms with E-state index in [4.69, 9.17) is 9.47 Å². The van der Waals surface area contributed by atoms with Crippen LogP contribution in [0.25, 0.3) is 0 Å². The molecule has 0 aliphatic carbocycles. The molecule has 1 unspecified atom stereocenters. The van der Waals surface area contributed by atoms with Crippen molar-refractivity contribution in [2.75, 3.05) is 19.8 Å². The summed E-state index contributed by atoms with van der Waals surface area (Å²) in [5.41, 5.74) is 2.37. The van der Waals surface area contributed by atoms with Gasteiger partial charge in [0.05, 0.1) is 40.4 Å². The molecule has 0 fully saturated rings. The summed E-state index contributed by atoms with van der Waals surface area (Å²) in [6, 6.07) is 14.5. The molecule has 0 spiro atoms. The lowest BCUT2D eigenvalue weighted by Gasteiger charge is -2.27. The van der Waals surface area contributed by atoms with Crippen molar-refractivity contribution in [3.8, 4) is 11.5 Å². The molecule has 8 heteroatoms. The van der Waals surface area contributed by atoms with Crippen molar-refractivity contribution in [3.05, 3.63) is 86.6 Å². The van der Waals surface area contributed by atoms with E-state index in [1.165, 1.54) is 11.3 Å². The minimum Gasteiger partial charge on any atom is -0.503 e. The number of carbonyl (C=O) groups excluding carboxylic acids is 2. The van der Waals surface area contributed by atoms with Crippen molar-refractivity contribution in [2.45, 2.75) is 46.6 Å². The van der Waals surface area contributed by atoms with Gasteiger partial charge in [0.15, 0.2) is 17.3 Å². The highest BCUT2D eigenvalue weighted by Gasteiger charge is 2.44. The van der Waals surface area contributed by atoms with Gasteiger partial charge in [0.25, 0.3) is 5.91 Å². The van der Waals surface area contributed by atoms with E-state index in [2.05, 4.69) is 4.98 Å². The molecule has 1 atom stereocenters. The van der Waals surface area contributed by atoms with Gasteiger partial charge in [0, 0.05) is 6.54 Å². The maximum absolute atomic E-state index is 13.8. The molecule has 1 aliphatic heterocycles. The second-order valence-electron chi connectivity index (χ2n) is 8.86. The summed E-state index contributed by atoms with van der Waals surface area (Å²) in [5.74, 6) is -0.329. The third-order valence-corrected chi connectivity index (χ3v) is 7.26. The first-order valence-corrected chi connectivity index (χ1v) is 13.3. The van der Waals surface area contributed by atoms with E-state index in [-0.39, 0.29) is 11.4 Å². The minimum absolute atomic E-state index is 0.0643. The number of carbonyl (C=O) groups is 2. The average molecular weight is 521 g/mol. The van der Waals surface area contributed by atoms with Crippen molar-refractivity contribution in [1.29, 1.82) is 0 Å². The quantitative estimate of drug-likeness (QED) is 0.323. The van der Waals surface area contributed by atoms with Gasteiger partial charge in [-0.25, -0.2) is 4.98 Å². The number of rotatable bonds is 11. The van der Waals surface area contributed by atoms with Crippen LogP contribution in [-0.2, 0) is 11.2 Å². The summed E-state index contributed by atoms with van der Waals surface area (Å²) < 4.78 is 11.7. The normalized spacial score (nSPS) is 15.4. The van der Waals surface area contributed by atoms with Crippen LogP contribution < -0.4 is 9.47 Å². The van der Waals surface area contributed by atoms with E-state index in [0.717, 1.165) is 17.0 Å². The average Bonchev–Trinajstić information content (AvgIpc) is 3.37. The smallest absolute Gasteiger partial charge is 0.290 e. The summed E-state index contributed by atoms with van der Waals surface area (Å²) >= 11 is 1.26. The monoisotopic (exact) mass is 520 g/mol. The predicted octanol–water partition coefficient (Wildman–Crippen LogP) is 5.77. The largest absolute Gasteiger partial charge is 0.503 e. The van der Waals surface area contributed by atoms with Gasteiger partial charge in [-0.05, 0) is 56.9 Å². The standard InChI is InChI=1S/C29H32N2O5S/c1-5-16-36-22-13-12-21(17-23(22)35-6-2)25-24(26(32)28-18(3)30-19(4)37-28)27(33)29(34)31(25)15-14-20-10-8-7-9-11-20/h7-13,17,25,33H,5-6,14-16H2,1-4H3. The van der Waals surface area contributed by atoms with Gasteiger partial charge in [-0.2, -0.15) is 0 Å². The van der Waals surface area contributed by atoms with Gasteiger partial charge in [-0.1, -0.05) is 43.3 Å². The number of thiazole rings is 1. The van der Waals surface area contributed by atoms with Crippen LogP contribution in [0.1, 0.15) is 57.8 Å². The number of ether oxygens (including phenoxy) is 2. The summed E-state index contributed by atoms with van der Waals surface area (Å²) in [6.07, 6.45) is 1.42. The fraction of sp³-hybridized carbons (Fsp3) is 0.345. The molecule has 2 aromatic carbocycles. The lowest BCUT2D eigenvalue weighted by atomic mass is 9.94. The molecule has 37 heavy (non-hydrogen) atoms. The van der Waals surface area contributed by atoms with E-state index in [1.807, 2.05) is 57.2 Å². The highest BCUT2D eigenvalue weighted by Crippen LogP contribution is 2.42. The Bertz CT molecular complexity index is 1320. The van der Waals surface area contributed by atoms with Gasteiger partial charge in [0.2, 0.25) is 5.78 Å². The highest BCUT2D eigenvalue weighted by molar-refractivity contribution is 7.14. The lowest BCUT2D eigenvalue weighted by molar-refractivity contribution is -0.129. The van der Waals surface area contributed by atoms with Crippen molar-refractivity contribution in [3.63, 3.8) is 0 Å². The molecule has 4 rings (SSSR count). The van der Waals surface area contributed by atoms with Crippen LogP contribution in [0, 0.1) is 13.8 Å². The number of nitrogens with zero attached hydrogens (tertiary/aromatic N) is 2. The number of hydrogen-bond donors (Lipinski definition) is 1. The maximum atomic E-state index is 13.8. The van der Waals surface area contributed by atoms with Crippen molar-refractivity contribution in [2.24, 2.45) is 0 Å². The Hall–Kier alpha value is -3.65. The number of aromatic nitrogens is 1. The molecule has 1 aliphatic rings. The minimum atomic E-state index is -0.773. The van der Waals surface area contributed by atoms with Gasteiger partial charge in [0.1, 0.15) is 0 Å². The maximum Gasteiger partial charge on any atom is 0.290 e. The van der Waals surface area contributed by atoms with E-state index < -0.39 is 17.7 Å². The summed E-state index contributed by atoms with van der Waals surface area (Å²) in [4.78, 5) is 33.5. The number of aliphatic hydroxyl groups excluding tert-OH is 1. The molecule has 3 aromatic rings. The Kier molecular flexibility index (Phi) is 8.28. The molecule has 0 bridgehead atoms. The van der Waals surface area contributed by atoms with Gasteiger partial charge in [-0.15, -0.1) is 11.3 Å². The topological polar surface area (TPSA) is 89.0 Å². The Balaban J connectivity index is 1.78. The van der Waals surface area contributed by atoms with Crippen molar-refractivity contribution >= 4 is 23.0 Å². The second kappa shape index (κ2) is 11.6. The van der Waals surface area contributed by atoms with Crippen LogP contribution in [0.5, 0.6) is 11.5 Å². The molecule has 194 valence electrons. The van der Waals surface area contributed by atoms with Crippen LogP contribution in [0.2, 0.25) is 0 Å².